The lowest BCUT2D eigenvalue weighted by Crippen LogP contribution is -2.06. The average molecular weight is 162 g/mol. The summed E-state index contributed by atoms with van der Waals surface area (Å²) in [6.45, 7) is 3.22. The van der Waals surface area contributed by atoms with Crippen molar-refractivity contribution in [2.75, 3.05) is 12.0 Å². The van der Waals surface area contributed by atoms with Crippen molar-refractivity contribution < 1.29 is 13.2 Å². The molecule has 0 rings (SSSR count). The van der Waals surface area contributed by atoms with E-state index < -0.39 is 9.84 Å². The molecule has 0 saturated carbocycles. The molecule has 0 aromatic carbocycles. The van der Waals surface area contributed by atoms with E-state index in [0.717, 1.165) is 12.3 Å². The normalized spacial score (nSPS) is 10.9. The van der Waals surface area contributed by atoms with Gasteiger partial charge in [-0.2, -0.15) is 0 Å². The van der Waals surface area contributed by atoms with E-state index in [1.54, 1.807) is 0 Å². The van der Waals surface area contributed by atoms with Crippen molar-refractivity contribution in [3.63, 3.8) is 0 Å². The Morgan fingerprint density at radius 3 is 2.40 bits per heavy atom. The number of sulfone groups is 1. The van der Waals surface area contributed by atoms with Crippen molar-refractivity contribution in [2.24, 2.45) is 0 Å². The number of hydrogen-bond donors (Lipinski definition) is 0. The Kier molecular flexibility index (Phi) is 3.28. The summed E-state index contributed by atoms with van der Waals surface area (Å²) in [7, 11) is -3.00. The van der Waals surface area contributed by atoms with E-state index in [-0.39, 0.29) is 18.0 Å². The first-order valence-electron chi connectivity index (χ1n) is 2.78. The smallest absolute Gasteiger partial charge is 0.156 e. The lowest BCUT2D eigenvalue weighted by Gasteiger charge is -1.92. The van der Waals surface area contributed by atoms with Gasteiger partial charge in [0, 0.05) is 12.7 Å². The molecular weight excluding hydrogens is 152 g/mol. The monoisotopic (exact) mass is 162 g/mol. The first-order valence-corrected chi connectivity index (χ1v) is 4.85. The Morgan fingerprint density at radius 1 is 1.60 bits per heavy atom. The molecular formula is C6H10O3S. The van der Waals surface area contributed by atoms with Crippen LogP contribution in [0.3, 0.4) is 0 Å². The molecule has 0 amide bonds. The third kappa shape index (κ3) is 5.50. The maximum absolute atomic E-state index is 10.5. The van der Waals surface area contributed by atoms with Crippen LogP contribution >= 0.6 is 0 Å². The largest absolute Gasteiger partial charge is 0.295 e. The predicted octanol–water partition coefficient (Wildman–Crippen LogP) is 0.176. The van der Waals surface area contributed by atoms with Crippen LogP contribution in [0.2, 0.25) is 0 Å². The molecule has 0 aliphatic heterocycles. The zero-order chi connectivity index (χ0) is 8.20. The minimum atomic E-state index is -3.00. The van der Waals surface area contributed by atoms with E-state index in [0.29, 0.717) is 0 Å². The summed E-state index contributed by atoms with van der Waals surface area (Å²) in [6.07, 6.45) is 2.27. The van der Waals surface area contributed by atoms with Crippen LogP contribution in [-0.4, -0.2) is 26.2 Å². The highest BCUT2D eigenvalue weighted by Crippen LogP contribution is 1.90. The summed E-state index contributed by atoms with van der Waals surface area (Å²) in [5.74, 6) is -0.317. The molecule has 4 heteroatoms. The number of carbonyl (C=O) groups excluding carboxylic acids is 1. The average Bonchev–Trinajstić information content (AvgIpc) is 1.81. The molecule has 0 atom stereocenters. The number of ketones is 1. The van der Waals surface area contributed by atoms with Crippen LogP contribution in [0, 0.1) is 0 Å². The summed E-state index contributed by atoms with van der Waals surface area (Å²) >= 11 is 0. The predicted molar refractivity (Wildman–Crippen MR) is 39.5 cm³/mol. The van der Waals surface area contributed by atoms with Gasteiger partial charge in [0.05, 0.1) is 5.75 Å². The molecule has 0 spiro atoms. The lowest BCUT2D eigenvalue weighted by atomic mass is 10.3. The van der Waals surface area contributed by atoms with E-state index in [9.17, 15) is 13.2 Å². The summed E-state index contributed by atoms with van der Waals surface area (Å²) < 4.78 is 20.9. The van der Waals surface area contributed by atoms with Crippen molar-refractivity contribution in [3.8, 4) is 0 Å². The molecule has 0 bridgehead atoms. The topological polar surface area (TPSA) is 51.2 Å². The molecule has 0 heterocycles. The Morgan fingerprint density at radius 2 is 2.10 bits per heavy atom. The first-order chi connectivity index (χ1) is 4.45. The van der Waals surface area contributed by atoms with Gasteiger partial charge in [0.2, 0.25) is 0 Å². The Bertz CT molecular complexity index is 225. The van der Waals surface area contributed by atoms with Gasteiger partial charge in [-0.1, -0.05) is 6.58 Å². The fourth-order valence-electron chi connectivity index (χ4n) is 0.388. The standard InChI is InChI=1S/C6H10O3S/c1-3-6(7)4-5-10(2,8)9/h3H,1,4-5H2,2H3. The minimum absolute atomic E-state index is 0.0440. The molecule has 0 aromatic heterocycles. The SMILES string of the molecule is C=CC(=O)CCS(C)(=O)=O. The van der Waals surface area contributed by atoms with Crippen molar-refractivity contribution >= 4 is 15.6 Å². The van der Waals surface area contributed by atoms with Gasteiger partial charge >= 0.3 is 0 Å². The third-order valence-corrected chi connectivity index (χ3v) is 1.89. The van der Waals surface area contributed by atoms with Crippen molar-refractivity contribution in [3.05, 3.63) is 12.7 Å². The van der Waals surface area contributed by atoms with Gasteiger partial charge in [0.25, 0.3) is 0 Å². The highest BCUT2D eigenvalue weighted by atomic mass is 32.2. The van der Waals surface area contributed by atoms with E-state index in [4.69, 9.17) is 0 Å². The van der Waals surface area contributed by atoms with Gasteiger partial charge in [0.15, 0.2) is 5.78 Å². The van der Waals surface area contributed by atoms with E-state index in [2.05, 4.69) is 6.58 Å². The van der Waals surface area contributed by atoms with Gasteiger partial charge in [-0.3, -0.25) is 4.79 Å². The van der Waals surface area contributed by atoms with Gasteiger partial charge < -0.3 is 0 Å². The summed E-state index contributed by atoms with van der Waals surface area (Å²) in [5.41, 5.74) is 0. The molecule has 0 N–H and O–H groups in total. The molecule has 0 unspecified atom stereocenters. The van der Waals surface area contributed by atoms with Crippen LogP contribution in [0.4, 0.5) is 0 Å². The number of allylic oxidation sites excluding steroid dienone is 1. The van der Waals surface area contributed by atoms with E-state index in [1.165, 1.54) is 0 Å². The Balaban J connectivity index is 3.78. The molecule has 0 aliphatic rings. The van der Waals surface area contributed by atoms with E-state index >= 15 is 0 Å². The van der Waals surface area contributed by atoms with Crippen molar-refractivity contribution in [2.45, 2.75) is 6.42 Å². The molecule has 0 aliphatic carbocycles. The van der Waals surface area contributed by atoms with E-state index in [1.807, 2.05) is 0 Å². The Labute approximate surface area is 60.7 Å². The molecule has 0 aromatic rings. The zero-order valence-corrected chi connectivity index (χ0v) is 6.65. The number of carbonyl (C=O) groups is 1. The number of rotatable bonds is 4. The summed E-state index contributed by atoms with van der Waals surface area (Å²) in [4.78, 5) is 10.5. The van der Waals surface area contributed by atoms with Gasteiger partial charge in [-0.15, -0.1) is 0 Å². The van der Waals surface area contributed by atoms with Gasteiger partial charge in [0.1, 0.15) is 9.84 Å². The van der Waals surface area contributed by atoms with Crippen LogP contribution in [0.5, 0.6) is 0 Å². The minimum Gasteiger partial charge on any atom is -0.295 e. The second-order valence-corrected chi connectivity index (χ2v) is 4.31. The van der Waals surface area contributed by atoms with Crippen molar-refractivity contribution in [1.82, 2.24) is 0 Å². The third-order valence-electron chi connectivity index (χ3n) is 0.947. The highest BCUT2D eigenvalue weighted by Gasteiger charge is 2.03. The Hall–Kier alpha value is -0.640. The highest BCUT2D eigenvalue weighted by molar-refractivity contribution is 7.90. The summed E-state index contributed by atoms with van der Waals surface area (Å²) in [6, 6.07) is 0. The fraction of sp³-hybridized carbons (Fsp3) is 0.500. The van der Waals surface area contributed by atoms with Crippen LogP contribution in [-0.2, 0) is 14.6 Å². The quantitative estimate of drug-likeness (QED) is 0.554. The fourth-order valence-corrected chi connectivity index (χ4v) is 0.960. The van der Waals surface area contributed by atoms with Crippen LogP contribution in [0.15, 0.2) is 12.7 Å². The molecule has 0 fully saturated rings. The molecule has 3 nitrogen and oxygen atoms in total. The maximum Gasteiger partial charge on any atom is 0.156 e. The number of hydrogen-bond acceptors (Lipinski definition) is 3. The molecule has 58 valence electrons. The second-order valence-electron chi connectivity index (χ2n) is 2.05. The first kappa shape index (κ1) is 9.36. The summed E-state index contributed by atoms with van der Waals surface area (Å²) in [5, 5.41) is 0. The maximum atomic E-state index is 10.5. The molecule has 0 radical (unpaired) electrons. The van der Waals surface area contributed by atoms with Gasteiger partial charge in [-0.05, 0) is 6.08 Å². The van der Waals surface area contributed by atoms with Gasteiger partial charge in [-0.25, -0.2) is 8.42 Å². The zero-order valence-electron chi connectivity index (χ0n) is 5.83. The van der Waals surface area contributed by atoms with Crippen molar-refractivity contribution in [1.29, 1.82) is 0 Å². The van der Waals surface area contributed by atoms with Crippen LogP contribution < -0.4 is 0 Å². The molecule has 10 heavy (non-hydrogen) atoms. The molecule has 0 saturated heterocycles. The lowest BCUT2D eigenvalue weighted by molar-refractivity contribution is -0.114. The second kappa shape index (κ2) is 3.51. The van der Waals surface area contributed by atoms with Crippen LogP contribution in [0.25, 0.3) is 0 Å². The van der Waals surface area contributed by atoms with Crippen LogP contribution in [0.1, 0.15) is 6.42 Å².